The Labute approximate surface area is 127 Å². The summed E-state index contributed by atoms with van der Waals surface area (Å²) in [5.74, 6) is 0.345. The first-order valence-corrected chi connectivity index (χ1v) is 8.30. The molecule has 2 aromatic rings. The van der Waals surface area contributed by atoms with Crippen LogP contribution in [0.4, 0.5) is 5.82 Å². The lowest BCUT2D eigenvalue weighted by atomic mass is 10.1. The van der Waals surface area contributed by atoms with Crippen LogP contribution >= 0.6 is 15.9 Å². The fourth-order valence-electron chi connectivity index (χ4n) is 1.74. The normalized spacial score (nSPS) is 11.4. The lowest BCUT2D eigenvalue weighted by molar-refractivity contribution is 0.600. The van der Waals surface area contributed by atoms with Crippen LogP contribution in [-0.4, -0.2) is 13.4 Å². The highest BCUT2D eigenvalue weighted by Crippen LogP contribution is 2.27. The third kappa shape index (κ3) is 3.02. The topological polar surface area (TPSA) is 59.1 Å². The molecule has 1 heterocycles. The summed E-state index contributed by atoms with van der Waals surface area (Å²) in [6.45, 7) is 5.62. The number of nitrogens with zero attached hydrogens (tertiary/aromatic N) is 1. The standard InChI is InChI=1S/C14H15BrN2O2S/c1-9-5-4-6-16-14(9)17-20(18,19)13-8-11(3)10(2)7-12(13)15/h4-8H,1-3H3,(H,16,17). The van der Waals surface area contributed by atoms with Crippen LogP contribution in [0.3, 0.4) is 0 Å². The van der Waals surface area contributed by atoms with Crippen LogP contribution < -0.4 is 4.72 Å². The summed E-state index contributed by atoms with van der Waals surface area (Å²) >= 11 is 3.31. The zero-order chi connectivity index (χ0) is 14.9. The van der Waals surface area contributed by atoms with Gasteiger partial charge in [-0.05, 0) is 71.6 Å². The minimum atomic E-state index is -3.67. The van der Waals surface area contributed by atoms with Gasteiger partial charge >= 0.3 is 0 Å². The molecule has 20 heavy (non-hydrogen) atoms. The molecule has 1 aromatic carbocycles. The summed E-state index contributed by atoms with van der Waals surface area (Å²) in [6, 6.07) is 7.02. The Bertz CT molecular complexity index is 758. The van der Waals surface area contributed by atoms with Gasteiger partial charge in [0, 0.05) is 10.7 Å². The van der Waals surface area contributed by atoms with Crippen molar-refractivity contribution in [3.63, 3.8) is 0 Å². The van der Waals surface area contributed by atoms with Crippen molar-refractivity contribution in [1.82, 2.24) is 4.98 Å². The van der Waals surface area contributed by atoms with Crippen LogP contribution in [0.1, 0.15) is 16.7 Å². The molecule has 1 aromatic heterocycles. The summed E-state index contributed by atoms with van der Waals surface area (Å²) in [5.41, 5.74) is 2.73. The van der Waals surface area contributed by atoms with Gasteiger partial charge in [-0.15, -0.1) is 0 Å². The quantitative estimate of drug-likeness (QED) is 0.916. The number of anilines is 1. The zero-order valence-electron chi connectivity index (χ0n) is 11.4. The van der Waals surface area contributed by atoms with E-state index in [9.17, 15) is 8.42 Å². The van der Waals surface area contributed by atoms with Crippen molar-refractivity contribution in [2.45, 2.75) is 25.7 Å². The second-order valence-corrected chi connectivity index (χ2v) is 7.15. The van der Waals surface area contributed by atoms with E-state index >= 15 is 0 Å². The van der Waals surface area contributed by atoms with Crippen LogP contribution in [0.2, 0.25) is 0 Å². The average Bonchev–Trinajstić information content (AvgIpc) is 2.36. The second-order valence-electron chi connectivity index (χ2n) is 4.64. The molecule has 106 valence electrons. The number of hydrogen-bond acceptors (Lipinski definition) is 3. The molecule has 0 fully saturated rings. The highest BCUT2D eigenvalue weighted by atomic mass is 79.9. The number of nitrogens with one attached hydrogen (secondary N) is 1. The first-order valence-electron chi connectivity index (χ1n) is 6.02. The van der Waals surface area contributed by atoms with Gasteiger partial charge < -0.3 is 0 Å². The lowest BCUT2D eigenvalue weighted by Crippen LogP contribution is -2.15. The predicted molar refractivity (Wildman–Crippen MR) is 83.4 cm³/mol. The van der Waals surface area contributed by atoms with Crippen molar-refractivity contribution in [3.05, 3.63) is 51.6 Å². The van der Waals surface area contributed by atoms with Crippen molar-refractivity contribution in [2.24, 2.45) is 0 Å². The van der Waals surface area contributed by atoms with Gasteiger partial charge in [-0.3, -0.25) is 4.72 Å². The summed E-state index contributed by atoms with van der Waals surface area (Å²) in [6.07, 6.45) is 1.56. The Kier molecular flexibility index (Phi) is 4.15. The minimum Gasteiger partial charge on any atom is -0.263 e. The molecule has 0 saturated heterocycles. The third-order valence-electron chi connectivity index (χ3n) is 3.08. The number of hydrogen-bond donors (Lipinski definition) is 1. The van der Waals surface area contributed by atoms with Gasteiger partial charge in [0.1, 0.15) is 10.7 Å². The molecule has 2 rings (SSSR count). The highest BCUT2D eigenvalue weighted by Gasteiger charge is 2.20. The van der Waals surface area contributed by atoms with E-state index in [1.165, 1.54) is 0 Å². The minimum absolute atomic E-state index is 0.214. The first kappa shape index (κ1) is 15.0. The molecule has 0 aliphatic heterocycles. The van der Waals surface area contributed by atoms with E-state index in [0.717, 1.165) is 16.7 Å². The van der Waals surface area contributed by atoms with Gasteiger partial charge in [-0.1, -0.05) is 6.07 Å². The Hall–Kier alpha value is -1.40. The van der Waals surface area contributed by atoms with E-state index in [1.807, 2.05) is 13.8 Å². The Morgan fingerprint density at radius 1 is 1.10 bits per heavy atom. The number of aryl methyl sites for hydroxylation is 3. The number of halogens is 1. The molecule has 0 amide bonds. The summed E-state index contributed by atoms with van der Waals surface area (Å²) < 4.78 is 28.0. The Morgan fingerprint density at radius 3 is 2.40 bits per heavy atom. The zero-order valence-corrected chi connectivity index (χ0v) is 13.8. The fraction of sp³-hybridized carbons (Fsp3) is 0.214. The molecule has 6 heteroatoms. The maximum absolute atomic E-state index is 12.5. The molecule has 0 unspecified atom stereocenters. The Balaban J connectivity index is 2.47. The smallest absolute Gasteiger partial charge is 0.263 e. The van der Waals surface area contributed by atoms with E-state index in [4.69, 9.17) is 0 Å². The number of benzene rings is 1. The van der Waals surface area contributed by atoms with E-state index < -0.39 is 10.0 Å². The van der Waals surface area contributed by atoms with Crippen LogP contribution in [0.5, 0.6) is 0 Å². The average molecular weight is 355 g/mol. The second kappa shape index (κ2) is 5.54. The number of pyridine rings is 1. The van der Waals surface area contributed by atoms with Crippen molar-refractivity contribution in [1.29, 1.82) is 0 Å². The van der Waals surface area contributed by atoms with E-state index in [1.54, 1.807) is 37.4 Å². The van der Waals surface area contributed by atoms with Gasteiger partial charge in [-0.25, -0.2) is 13.4 Å². The summed E-state index contributed by atoms with van der Waals surface area (Å²) in [7, 11) is -3.67. The summed E-state index contributed by atoms with van der Waals surface area (Å²) in [4.78, 5) is 4.27. The molecular weight excluding hydrogens is 340 g/mol. The lowest BCUT2D eigenvalue weighted by Gasteiger charge is -2.12. The summed E-state index contributed by atoms with van der Waals surface area (Å²) in [5, 5.41) is 0. The highest BCUT2D eigenvalue weighted by molar-refractivity contribution is 9.10. The molecule has 0 saturated carbocycles. The first-order chi connectivity index (χ1) is 9.31. The van der Waals surface area contributed by atoms with Gasteiger partial charge in [-0.2, -0.15) is 0 Å². The van der Waals surface area contributed by atoms with Gasteiger partial charge in [0.15, 0.2) is 0 Å². The third-order valence-corrected chi connectivity index (χ3v) is 5.38. The van der Waals surface area contributed by atoms with Crippen LogP contribution in [0, 0.1) is 20.8 Å². The van der Waals surface area contributed by atoms with Crippen molar-refractivity contribution < 1.29 is 8.42 Å². The number of aromatic nitrogens is 1. The molecule has 4 nitrogen and oxygen atoms in total. The van der Waals surface area contributed by atoms with Crippen molar-refractivity contribution in [2.75, 3.05) is 4.72 Å². The van der Waals surface area contributed by atoms with Gasteiger partial charge in [0.2, 0.25) is 0 Å². The van der Waals surface area contributed by atoms with E-state index in [-0.39, 0.29) is 4.90 Å². The monoisotopic (exact) mass is 354 g/mol. The SMILES string of the molecule is Cc1cc(Br)c(S(=O)(=O)Nc2ncccc2C)cc1C. The van der Waals surface area contributed by atoms with E-state index in [0.29, 0.717) is 10.3 Å². The molecular formula is C14H15BrN2O2S. The van der Waals surface area contributed by atoms with Gasteiger partial charge in [0.05, 0.1) is 0 Å². The van der Waals surface area contributed by atoms with E-state index in [2.05, 4.69) is 25.6 Å². The van der Waals surface area contributed by atoms with Crippen molar-refractivity contribution in [3.8, 4) is 0 Å². The molecule has 0 bridgehead atoms. The fourth-order valence-corrected chi connectivity index (χ4v) is 4.06. The molecule has 0 aliphatic carbocycles. The van der Waals surface area contributed by atoms with Crippen LogP contribution in [0.25, 0.3) is 0 Å². The predicted octanol–water partition coefficient (Wildman–Crippen LogP) is 3.57. The molecule has 0 aliphatic rings. The van der Waals surface area contributed by atoms with Crippen LogP contribution in [0.15, 0.2) is 39.8 Å². The molecule has 0 spiro atoms. The molecule has 0 atom stereocenters. The molecule has 0 radical (unpaired) electrons. The molecule has 1 N–H and O–H groups in total. The Morgan fingerprint density at radius 2 is 1.75 bits per heavy atom. The van der Waals surface area contributed by atoms with Gasteiger partial charge in [0.25, 0.3) is 10.0 Å². The maximum atomic E-state index is 12.5. The van der Waals surface area contributed by atoms with Crippen molar-refractivity contribution >= 4 is 31.8 Å². The largest absolute Gasteiger partial charge is 0.264 e. The number of sulfonamides is 1. The number of rotatable bonds is 3. The maximum Gasteiger partial charge on any atom is 0.264 e. The van der Waals surface area contributed by atoms with Crippen LogP contribution in [-0.2, 0) is 10.0 Å².